The van der Waals surface area contributed by atoms with Gasteiger partial charge < -0.3 is 19.1 Å². The van der Waals surface area contributed by atoms with E-state index in [0.717, 1.165) is 19.2 Å². The highest BCUT2D eigenvalue weighted by Crippen LogP contribution is 2.37. The Bertz CT molecular complexity index is 1380. The summed E-state index contributed by atoms with van der Waals surface area (Å²) in [6.07, 6.45) is -3.97. The first-order chi connectivity index (χ1) is 17.6. The fourth-order valence-electron chi connectivity index (χ4n) is 3.93. The summed E-state index contributed by atoms with van der Waals surface area (Å²) in [5.41, 5.74) is 1.22. The molecule has 3 aromatic rings. The molecule has 0 fully saturated rings. The van der Waals surface area contributed by atoms with Gasteiger partial charge >= 0.3 is 6.18 Å². The zero-order valence-electron chi connectivity index (χ0n) is 20.0. The normalized spacial score (nSPS) is 13.9. The Kier molecular flexibility index (Phi) is 6.93. The molecule has 1 aliphatic heterocycles. The lowest BCUT2D eigenvalue weighted by atomic mass is 10.0. The lowest BCUT2D eigenvalue weighted by Gasteiger charge is -2.28. The Morgan fingerprint density at radius 2 is 2.00 bits per heavy atom. The van der Waals surface area contributed by atoms with Crippen molar-refractivity contribution in [3.8, 4) is 29.1 Å². The number of alkyl halides is 3. The van der Waals surface area contributed by atoms with Crippen LogP contribution in [0.2, 0.25) is 0 Å². The highest BCUT2D eigenvalue weighted by atomic mass is 19.4. The minimum Gasteiger partial charge on any atom is -0.494 e. The van der Waals surface area contributed by atoms with Crippen molar-refractivity contribution in [2.24, 2.45) is 0 Å². The quantitative estimate of drug-likeness (QED) is 0.456. The van der Waals surface area contributed by atoms with E-state index in [1.165, 1.54) is 35.9 Å². The van der Waals surface area contributed by atoms with E-state index in [4.69, 9.17) is 14.2 Å². The number of nitrogens with zero attached hydrogens (tertiary/aromatic N) is 5. The molecule has 13 heteroatoms. The topological polar surface area (TPSA) is 103 Å². The molecule has 9 nitrogen and oxygen atoms in total. The number of pyridine rings is 1. The molecule has 4 rings (SSSR count). The van der Waals surface area contributed by atoms with Gasteiger partial charge in [-0.3, -0.25) is 4.79 Å². The number of ether oxygens (including phenoxy) is 3. The van der Waals surface area contributed by atoms with Crippen LogP contribution in [0.25, 0.3) is 5.69 Å². The van der Waals surface area contributed by atoms with E-state index in [2.05, 4.69) is 10.1 Å². The molecule has 2 aromatic heterocycles. The number of nitriles is 1. The van der Waals surface area contributed by atoms with Crippen LogP contribution in [0.1, 0.15) is 34.1 Å². The van der Waals surface area contributed by atoms with Gasteiger partial charge in [-0.15, -0.1) is 0 Å². The van der Waals surface area contributed by atoms with Crippen molar-refractivity contribution >= 4 is 5.91 Å². The second kappa shape index (κ2) is 9.96. The molecule has 0 N–H and O–H groups in total. The second-order valence-corrected chi connectivity index (χ2v) is 8.14. The maximum atomic E-state index is 13.8. The van der Waals surface area contributed by atoms with Crippen LogP contribution < -0.4 is 14.2 Å². The van der Waals surface area contributed by atoms with E-state index in [1.807, 2.05) is 6.07 Å². The molecule has 3 heterocycles. The number of fused-ring (bicyclic) bond motifs is 1. The predicted octanol–water partition coefficient (Wildman–Crippen LogP) is 3.82. The van der Waals surface area contributed by atoms with Crippen LogP contribution in [-0.2, 0) is 13.0 Å². The summed E-state index contributed by atoms with van der Waals surface area (Å²) in [5.74, 6) is -1.67. The number of hydrogen-bond donors (Lipinski definition) is 0. The van der Waals surface area contributed by atoms with Gasteiger partial charge in [0.25, 0.3) is 5.91 Å². The standard InChI is InChI=1S/C24H21F4N5O4/c1-13(24(26,27)28)37-19-5-4-14(9-29)21(35-2)20(19)23(34)32-7-6-17-15(11-32)12-33(31-17)18-8-16(25)10-30-22(18)36-3/h4-5,8,10,12-13H,6-7,11H2,1-3H3. The highest BCUT2D eigenvalue weighted by molar-refractivity contribution is 6.00. The van der Waals surface area contributed by atoms with E-state index in [9.17, 15) is 27.6 Å². The van der Waals surface area contributed by atoms with Crippen molar-refractivity contribution in [3.05, 3.63) is 58.8 Å². The summed E-state index contributed by atoms with van der Waals surface area (Å²) in [5, 5.41) is 13.9. The third-order valence-electron chi connectivity index (χ3n) is 5.81. The van der Waals surface area contributed by atoms with E-state index in [1.54, 1.807) is 6.20 Å². The number of benzene rings is 1. The number of hydrogen-bond acceptors (Lipinski definition) is 7. The Labute approximate surface area is 208 Å². The SMILES string of the molecule is COc1ncc(F)cc1-n1cc2c(n1)CCN(C(=O)c1c(OC(C)C(F)(F)F)ccc(C#N)c1OC)C2. The van der Waals surface area contributed by atoms with E-state index in [-0.39, 0.29) is 47.3 Å². The minimum atomic E-state index is -4.68. The van der Waals surface area contributed by atoms with Gasteiger partial charge in [0.1, 0.15) is 28.9 Å². The Hall–Kier alpha value is -4.34. The molecule has 0 spiro atoms. The van der Waals surface area contributed by atoms with Crippen LogP contribution in [0.5, 0.6) is 17.4 Å². The Balaban J connectivity index is 1.69. The fourth-order valence-corrected chi connectivity index (χ4v) is 3.93. The van der Waals surface area contributed by atoms with Crippen LogP contribution in [0.15, 0.2) is 30.6 Å². The van der Waals surface area contributed by atoms with E-state index in [0.29, 0.717) is 17.7 Å². The van der Waals surface area contributed by atoms with Crippen molar-refractivity contribution in [2.45, 2.75) is 32.2 Å². The molecular formula is C24H21F4N5O4. The van der Waals surface area contributed by atoms with Crippen molar-refractivity contribution in [2.75, 3.05) is 20.8 Å². The third kappa shape index (κ3) is 5.00. The maximum Gasteiger partial charge on any atom is 0.425 e. The zero-order chi connectivity index (χ0) is 26.9. The van der Waals surface area contributed by atoms with Gasteiger partial charge in [0.2, 0.25) is 5.88 Å². The summed E-state index contributed by atoms with van der Waals surface area (Å²) < 4.78 is 70.3. The molecule has 0 saturated carbocycles. The van der Waals surface area contributed by atoms with Crippen LogP contribution in [0.4, 0.5) is 17.6 Å². The van der Waals surface area contributed by atoms with E-state index < -0.39 is 24.0 Å². The van der Waals surface area contributed by atoms with Gasteiger partial charge in [-0.2, -0.15) is 23.5 Å². The van der Waals surface area contributed by atoms with Gasteiger partial charge in [-0.25, -0.2) is 14.1 Å². The first kappa shape index (κ1) is 25.7. The minimum absolute atomic E-state index is 0.0333. The summed E-state index contributed by atoms with van der Waals surface area (Å²) in [7, 11) is 2.60. The lowest BCUT2D eigenvalue weighted by Crippen LogP contribution is -2.37. The first-order valence-corrected chi connectivity index (χ1v) is 11.0. The Morgan fingerprint density at radius 1 is 1.24 bits per heavy atom. The summed E-state index contributed by atoms with van der Waals surface area (Å²) >= 11 is 0. The van der Waals surface area contributed by atoms with Crippen LogP contribution >= 0.6 is 0 Å². The molecular weight excluding hydrogens is 498 g/mol. The van der Waals surface area contributed by atoms with Gasteiger partial charge in [0.15, 0.2) is 11.9 Å². The molecule has 1 aromatic carbocycles. The molecule has 1 aliphatic rings. The average molecular weight is 519 g/mol. The number of aromatic nitrogens is 3. The van der Waals surface area contributed by atoms with Crippen molar-refractivity contribution in [1.29, 1.82) is 5.26 Å². The van der Waals surface area contributed by atoms with Crippen LogP contribution in [-0.4, -0.2) is 58.6 Å². The summed E-state index contributed by atoms with van der Waals surface area (Å²) in [6, 6.07) is 5.45. The van der Waals surface area contributed by atoms with Gasteiger partial charge in [-0.1, -0.05) is 0 Å². The molecule has 0 aliphatic carbocycles. The van der Waals surface area contributed by atoms with Crippen molar-refractivity contribution < 1.29 is 36.6 Å². The molecule has 1 atom stereocenters. The van der Waals surface area contributed by atoms with Crippen molar-refractivity contribution in [1.82, 2.24) is 19.7 Å². The third-order valence-corrected chi connectivity index (χ3v) is 5.81. The van der Waals surface area contributed by atoms with Crippen LogP contribution in [0.3, 0.4) is 0 Å². The average Bonchev–Trinajstić information content (AvgIpc) is 3.30. The molecule has 37 heavy (non-hydrogen) atoms. The van der Waals surface area contributed by atoms with Crippen LogP contribution in [0, 0.1) is 17.1 Å². The molecule has 0 saturated heterocycles. The molecule has 194 valence electrons. The van der Waals surface area contributed by atoms with Gasteiger partial charge in [-0.05, 0) is 19.1 Å². The number of carbonyl (C=O) groups excluding carboxylic acids is 1. The summed E-state index contributed by atoms with van der Waals surface area (Å²) in [6.45, 7) is 1.04. The number of amides is 1. The molecule has 1 unspecified atom stereocenters. The van der Waals surface area contributed by atoms with Gasteiger partial charge in [0, 0.05) is 37.3 Å². The summed E-state index contributed by atoms with van der Waals surface area (Å²) in [4.78, 5) is 18.9. The van der Waals surface area contributed by atoms with Gasteiger partial charge in [0.05, 0.1) is 31.7 Å². The van der Waals surface area contributed by atoms with Crippen molar-refractivity contribution in [3.63, 3.8) is 0 Å². The highest BCUT2D eigenvalue weighted by Gasteiger charge is 2.39. The first-order valence-electron chi connectivity index (χ1n) is 11.0. The van der Waals surface area contributed by atoms with E-state index >= 15 is 0 Å². The fraction of sp³-hybridized carbons (Fsp3) is 0.333. The number of halogens is 4. The molecule has 0 radical (unpaired) electrons. The molecule has 0 bridgehead atoms. The lowest BCUT2D eigenvalue weighted by molar-refractivity contribution is -0.189. The second-order valence-electron chi connectivity index (χ2n) is 8.14. The predicted molar refractivity (Wildman–Crippen MR) is 120 cm³/mol. The smallest absolute Gasteiger partial charge is 0.425 e. The molecule has 1 amide bonds. The maximum absolute atomic E-state index is 13.8. The number of rotatable bonds is 6. The number of carbonyl (C=O) groups is 1. The zero-order valence-corrected chi connectivity index (χ0v) is 20.0. The largest absolute Gasteiger partial charge is 0.494 e. The number of methoxy groups -OCH3 is 2. The Morgan fingerprint density at radius 3 is 2.65 bits per heavy atom. The monoisotopic (exact) mass is 519 g/mol.